The minimum atomic E-state index is 0.924. The molecule has 0 saturated heterocycles. The van der Waals surface area contributed by atoms with E-state index in [1.165, 1.54) is 102 Å². The fourth-order valence-corrected chi connectivity index (χ4v) is 5.68. The topological polar surface area (TPSA) is 24.7 Å². The van der Waals surface area contributed by atoms with Crippen LogP contribution in [0.2, 0.25) is 0 Å². The second-order valence-electron chi connectivity index (χ2n) is 13.6. The molecule has 0 fully saturated rings. The normalized spacial score (nSPS) is 12.5. The number of hydrogen-bond donors (Lipinski definition) is 0. The summed E-state index contributed by atoms with van der Waals surface area (Å²) in [4.78, 5) is 9.40. The van der Waals surface area contributed by atoms with Crippen LogP contribution in [0.3, 0.4) is 0 Å². The highest BCUT2D eigenvalue weighted by molar-refractivity contribution is 5.84. The number of hydrogen-bond acceptors (Lipinski definition) is 2. The van der Waals surface area contributed by atoms with E-state index in [-0.39, 0.29) is 0 Å². The number of aliphatic imine (C=N–C) groups is 2. The second-order valence-corrected chi connectivity index (χ2v) is 13.6. The largest absolute Gasteiger partial charge is 0.296 e. The van der Waals surface area contributed by atoms with Gasteiger partial charge >= 0.3 is 0 Å². The molecule has 238 valence electrons. The maximum absolute atomic E-state index is 4.70. The molecular weight excluding hydrogens is 536 g/mol. The van der Waals surface area contributed by atoms with Gasteiger partial charge < -0.3 is 0 Å². The van der Waals surface area contributed by atoms with E-state index in [1.54, 1.807) is 0 Å². The van der Waals surface area contributed by atoms with Crippen LogP contribution in [0.1, 0.15) is 102 Å². The van der Waals surface area contributed by atoms with Crippen molar-refractivity contribution < 1.29 is 0 Å². The van der Waals surface area contributed by atoms with Gasteiger partial charge in [-0.2, -0.15) is 0 Å². The van der Waals surface area contributed by atoms with Crippen molar-refractivity contribution >= 4 is 35.2 Å². The highest BCUT2D eigenvalue weighted by Crippen LogP contribution is 2.23. The molecule has 3 aromatic rings. The molecule has 0 unspecified atom stereocenters. The van der Waals surface area contributed by atoms with E-state index in [0.29, 0.717) is 0 Å². The molecule has 0 atom stereocenters. The van der Waals surface area contributed by atoms with Crippen molar-refractivity contribution in [3.8, 4) is 0 Å². The number of quaternary nitrogens is 2. The zero-order chi connectivity index (χ0) is 31.7. The zero-order valence-electron chi connectivity index (χ0n) is 28.8. The molecule has 0 bridgehead atoms. The SMILES string of the molecule is CCCCCCCC[N+](C)(C)c1ccc(C=Nc2ccc(N=Cc3ccc([N+](C)(C)CCCCCCCC)cc3)cc2)cc1. The predicted molar refractivity (Wildman–Crippen MR) is 198 cm³/mol. The van der Waals surface area contributed by atoms with Crippen molar-refractivity contribution in [1.82, 2.24) is 8.97 Å². The summed E-state index contributed by atoms with van der Waals surface area (Å²) >= 11 is 0. The van der Waals surface area contributed by atoms with E-state index in [9.17, 15) is 0 Å². The van der Waals surface area contributed by atoms with Crippen molar-refractivity contribution in [2.45, 2.75) is 90.9 Å². The Morgan fingerprint density at radius 3 is 1.09 bits per heavy atom. The summed E-state index contributed by atoms with van der Waals surface area (Å²) in [6.07, 6.45) is 20.0. The van der Waals surface area contributed by atoms with Gasteiger partial charge in [-0.05, 0) is 110 Å². The Morgan fingerprint density at radius 1 is 0.432 bits per heavy atom. The molecule has 0 aliphatic heterocycles. The molecule has 0 saturated carbocycles. The van der Waals surface area contributed by atoms with Crippen molar-refractivity contribution in [3.05, 3.63) is 83.9 Å². The Kier molecular flexibility index (Phi) is 15.0. The van der Waals surface area contributed by atoms with E-state index in [2.05, 4.69) is 90.6 Å². The van der Waals surface area contributed by atoms with Crippen LogP contribution in [0.25, 0.3) is 0 Å². The number of rotatable bonds is 20. The van der Waals surface area contributed by atoms with Crippen molar-refractivity contribution in [2.24, 2.45) is 9.98 Å². The molecule has 44 heavy (non-hydrogen) atoms. The fourth-order valence-electron chi connectivity index (χ4n) is 5.68. The van der Waals surface area contributed by atoms with Crippen molar-refractivity contribution in [2.75, 3.05) is 41.3 Å². The first kappa shape index (κ1) is 35.4. The van der Waals surface area contributed by atoms with Crippen LogP contribution in [-0.4, -0.2) is 53.7 Å². The molecule has 0 aliphatic carbocycles. The lowest BCUT2D eigenvalue weighted by Crippen LogP contribution is -2.41. The molecule has 0 aromatic heterocycles. The lowest BCUT2D eigenvalue weighted by atomic mass is 10.1. The number of nitrogens with zero attached hydrogens (tertiary/aromatic N) is 4. The quantitative estimate of drug-likeness (QED) is 0.0704. The van der Waals surface area contributed by atoms with E-state index in [1.807, 2.05) is 36.7 Å². The van der Waals surface area contributed by atoms with Crippen LogP contribution in [0.5, 0.6) is 0 Å². The predicted octanol–water partition coefficient (Wildman–Crippen LogP) is 11.0. The first-order valence-corrected chi connectivity index (χ1v) is 17.3. The molecule has 0 amide bonds. The maximum Gasteiger partial charge on any atom is 0.132 e. The first-order valence-electron chi connectivity index (χ1n) is 17.3. The van der Waals surface area contributed by atoms with E-state index in [4.69, 9.17) is 9.98 Å². The Bertz CT molecular complexity index is 1150. The van der Waals surface area contributed by atoms with Gasteiger partial charge in [0.2, 0.25) is 0 Å². The van der Waals surface area contributed by atoms with E-state index < -0.39 is 0 Å². The molecule has 0 aliphatic rings. The molecule has 0 radical (unpaired) electrons. The Morgan fingerprint density at radius 2 is 0.750 bits per heavy atom. The summed E-state index contributed by atoms with van der Waals surface area (Å²) in [6.45, 7) is 6.91. The maximum atomic E-state index is 4.70. The summed E-state index contributed by atoms with van der Waals surface area (Å²) in [5.74, 6) is 0. The third-order valence-corrected chi connectivity index (χ3v) is 8.90. The lowest BCUT2D eigenvalue weighted by Gasteiger charge is -2.29. The van der Waals surface area contributed by atoms with Crippen LogP contribution in [0.15, 0.2) is 82.8 Å². The van der Waals surface area contributed by atoms with Gasteiger partial charge in [-0.3, -0.25) is 19.0 Å². The highest BCUT2D eigenvalue weighted by Gasteiger charge is 2.19. The minimum absolute atomic E-state index is 0.924. The van der Waals surface area contributed by atoms with Gasteiger partial charge in [-0.15, -0.1) is 0 Å². The van der Waals surface area contributed by atoms with E-state index in [0.717, 1.165) is 31.5 Å². The van der Waals surface area contributed by atoms with Crippen molar-refractivity contribution in [1.29, 1.82) is 0 Å². The van der Waals surface area contributed by atoms with Gasteiger partial charge in [0.05, 0.1) is 52.7 Å². The molecule has 3 rings (SSSR count). The van der Waals surface area contributed by atoms with Gasteiger partial charge in [0.15, 0.2) is 0 Å². The van der Waals surface area contributed by atoms with E-state index >= 15 is 0 Å². The van der Waals surface area contributed by atoms with Crippen LogP contribution < -0.4 is 8.97 Å². The van der Waals surface area contributed by atoms with Gasteiger partial charge in [0, 0.05) is 12.4 Å². The molecular formula is C40H60N4+2. The first-order chi connectivity index (χ1) is 21.2. The molecule has 3 aromatic carbocycles. The number of benzene rings is 3. The Hall–Kier alpha value is -3.08. The summed E-state index contributed by atoms with van der Waals surface area (Å²) in [5, 5.41) is 0. The zero-order valence-corrected chi connectivity index (χ0v) is 28.8. The van der Waals surface area contributed by atoms with Crippen LogP contribution in [0, 0.1) is 0 Å². The summed E-state index contributed by atoms with van der Waals surface area (Å²) in [6, 6.07) is 25.8. The molecule has 4 heteroatoms. The van der Waals surface area contributed by atoms with Gasteiger partial charge in [0.1, 0.15) is 11.4 Å². The fraction of sp³-hybridized carbons (Fsp3) is 0.500. The smallest absolute Gasteiger partial charge is 0.132 e. The highest BCUT2D eigenvalue weighted by atomic mass is 15.3. The van der Waals surface area contributed by atoms with Crippen LogP contribution in [0.4, 0.5) is 22.7 Å². The Labute approximate surface area is 269 Å². The van der Waals surface area contributed by atoms with Gasteiger partial charge in [-0.25, -0.2) is 0 Å². The third-order valence-electron chi connectivity index (χ3n) is 8.90. The van der Waals surface area contributed by atoms with Gasteiger partial charge in [-0.1, -0.05) is 65.2 Å². The Balaban J connectivity index is 1.47. The van der Waals surface area contributed by atoms with Crippen LogP contribution in [-0.2, 0) is 0 Å². The molecule has 0 heterocycles. The second kappa shape index (κ2) is 18.7. The number of unbranched alkanes of at least 4 members (excludes halogenated alkanes) is 10. The average Bonchev–Trinajstić information content (AvgIpc) is 3.03. The lowest BCUT2D eigenvalue weighted by molar-refractivity contribution is 0.381. The summed E-state index contributed by atoms with van der Waals surface area (Å²) < 4.78 is 1.85. The monoisotopic (exact) mass is 596 g/mol. The molecule has 0 spiro atoms. The summed E-state index contributed by atoms with van der Waals surface area (Å²) in [5.41, 5.74) is 6.80. The van der Waals surface area contributed by atoms with Gasteiger partial charge in [0.25, 0.3) is 0 Å². The molecule has 4 nitrogen and oxygen atoms in total. The third kappa shape index (κ3) is 12.5. The minimum Gasteiger partial charge on any atom is -0.296 e. The summed E-state index contributed by atoms with van der Waals surface area (Å²) in [7, 11) is 9.25. The van der Waals surface area contributed by atoms with Crippen LogP contribution >= 0.6 is 0 Å². The average molecular weight is 597 g/mol. The standard InChI is InChI=1S/C40H60N4/c1-7-9-11-13-15-17-31-43(3,4)39-27-19-35(20-28-39)33-41-37-23-25-38(26-24-37)42-34-36-21-29-40(30-22-36)44(5,6)32-18-16-14-12-10-8-2/h19-30,33-34H,7-18,31-32H2,1-6H3/q+2. The van der Waals surface area contributed by atoms with Crippen molar-refractivity contribution in [3.63, 3.8) is 0 Å². The molecule has 0 N–H and O–H groups in total.